The maximum Gasteiger partial charge on any atom is 0.0885 e. The van der Waals surface area contributed by atoms with E-state index < -0.39 is 0 Å². The molecule has 0 amide bonds. The van der Waals surface area contributed by atoms with Gasteiger partial charge in [-0.1, -0.05) is 0 Å². The van der Waals surface area contributed by atoms with Crippen molar-refractivity contribution < 1.29 is 0 Å². The molecule has 0 spiro atoms. The molecule has 1 rings (SSSR count). The standard InChI is InChI=1S/C7H12N2S/c1-6-2-3-7(10-6)9-5-4-8/h2-3,9H,4-5,8H2,1H3. The Morgan fingerprint density at radius 1 is 1.60 bits per heavy atom. The Morgan fingerprint density at radius 3 is 2.90 bits per heavy atom. The molecule has 10 heavy (non-hydrogen) atoms. The zero-order chi connectivity index (χ0) is 7.40. The molecule has 0 saturated heterocycles. The quantitative estimate of drug-likeness (QED) is 0.694. The van der Waals surface area contributed by atoms with E-state index in [2.05, 4.69) is 24.4 Å². The van der Waals surface area contributed by atoms with Crippen molar-refractivity contribution in [1.82, 2.24) is 0 Å². The van der Waals surface area contributed by atoms with Crippen LogP contribution in [0, 0.1) is 6.92 Å². The van der Waals surface area contributed by atoms with E-state index in [-0.39, 0.29) is 0 Å². The number of hydrogen-bond donors (Lipinski definition) is 2. The van der Waals surface area contributed by atoms with Crippen LogP contribution in [0.4, 0.5) is 5.00 Å². The van der Waals surface area contributed by atoms with Gasteiger partial charge in [-0.15, -0.1) is 11.3 Å². The second kappa shape index (κ2) is 3.58. The van der Waals surface area contributed by atoms with Gasteiger partial charge in [-0.2, -0.15) is 0 Å². The van der Waals surface area contributed by atoms with Gasteiger partial charge in [0.2, 0.25) is 0 Å². The molecular formula is C7H12N2S. The Labute approximate surface area is 65.1 Å². The summed E-state index contributed by atoms with van der Waals surface area (Å²) in [5, 5.41) is 4.42. The van der Waals surface area contributed by atoms with Gasteiger partial charge in [-0.3, -0.25) is 0 Å². The van der Waals surface area contributed by atoms with E-state index >= 15 is 0 Å². The minimum atomic E-state index is 0.691. The summed E-state index contributed by atoms with van der Waals surface area (Å²) in [6.07, 6.45) is 0. The zero-order valence-corrected chi connectivity index (χ0v) is 6.87. The van der Waals surface area contributed by atoms with Crippen molar-refractivity contribution in [1.29, 1.82) is 0 Å². The lowest BCUT2D eigenvalue weighted by Crippen LogP contribution is -2.12. The van der Waals surface area contributed by atoms with Crippen LogP contribution in [0.3, 0.4) is 0 Å². The van der Waals surface area contributed by atoms with Crippen molar-refractivity contribution in [2.75, 3.05) is 18.4 Å². The SMILES string of the molecule is Cc1ccc(NCCN)s1. The van der Waals surface area contributed by atoms with Gasteiger partial charge in [0, 0.05) is 18.0 Å². The second-order valence-electron chi connectivity index (χ2n) is 2.13. The summed E-state index contributed by atoms with van der Waals surface area (Å²) >= 11 is 1.76. The van der Waals surface area contributed by atoms with E-state index in [1.165, 1.54) is 9.88 Å². The van der Waals surface area contributed by atoms with Crippen LogP contribution in [-0.4, -0.2) is 13.1 Å². The number of nitrogens with one attached hydrogen (secondary N) is 1. The van der Waals surface area contributed by atoms with E-state index in [1.807, 2.05) is 0 Å². The van der Waals surface area contributed by atoms with Gasteiger partial charge in [0.25, 0.3) is 0 Å². The monoisotopic (exact) mass is 156 g/mol. The maximum atomic E-state index is 5.33. The highest BCUT2D eigenvalue weighted by Gasteiger charge is 1.92. The average Bonchev–Trinajstić information content (AvgIpc) is 2.31. The molecule has 1 heterocycles. The predicted molar refractivity (Wildman–Crippen MR) is 46.6 cm³/mol. The van der Waals surface area contributed by atoms with Crippen LogP contribution in [-0.2, 0) is 0 Å². The first-order valence-corrected chi connectivity index (χ1v) is 4.15. The minimum absolute atomic E-state index is 0.691. The number of rotatable bonds is 3. The van der Waals surface area contributed by atoms with Crippen molar-refractivity contribution in [3.8, 4) is 0 Å². The minimum Gasteiger partial charge on any atom is -0.376 e. The molecule has 0 aliphatic heterocycles. The van der Waals surface area contributed by atoms with Crippen molar-refractivity contribution in [3.63, 3.8) is 0 Å². The maximum absolute atomic E-state index is 5.33. The van der Waals surface area contributed by atoms with E-state index in [9.17, 15) is 0 Å². The fourth-order valence-corrected chi connectivity index (χ4v) is 1.52. The summed E-state index contributed by atoms with van der Waals surface area (Å²) in [5.41, 5.74) is 5.33. The van der Waals surface area contributed by atoms with Gasteiger partial charge in [0.15, 0.2) is 0 Å². The first-order valence-electron chi connectivity index (χ1n) is 3.33. The zero-order valence-electron chi connectivity index (χ0n) is 6.05. The molecule has 0 aliphatic carbocycles. The van der Waals surface area contributed by atoms with Gasteiger partial charge in [0.1, 0.15) is 0 Å². The normalized spacial score (nSPS) is 9.80. The fourth-order valence-electron chi connectivity index (χ4n) is 0.725. The Hall–Kier alpha value is -0.540. The number of aryl methyl sites for hydroxylation is 1. The molecule has 0 unspecified atom stereocenters. The summed E-state index contributed by atoms with van der Waals surface area (Å²) in [6.45, 7) is 3.65. The van der Waals surface area contributed by atoms with Crippen LogP contribution < -0.4 is 11.1 Å². The highest BCUT2D eigenvalue weighted by molar-refractivity contribution is 7.16. The van der Waals surface area contributed by atoms with Gasteiger partial charge in [-0.25, -0.2) is 0 Å². The Balaban J connectivity index is 2.42. The molecule has 0 saturated carbocycles. The van der Waals surface area contributed by atoms with Crippen LogP contribution in [0.25, 0.3) is 0 Å². The third-order valence-corrected chi connectivity index (χ3v) is 2.14. The Kier molecular flexibility index (Phi) is 2.71. The lowest BCUT2D eigenvalue weighted by Gasteiger charge is -1.97. The smallest absolute Gasteiger partial charge is 0.0885 e. The van der Waals surface area contributed by atoms with E-state index in [0.717, 1.165) is 6.54 Å². The Morgan fingerprint density at radius 2 is 2.40 bits per heavy atom. The van der Waals surface area contributed by atoms with Crippen LogP contribution in [0.5, 0.6) is 0 Å². The Bertz CT molecular complexity index is 195. The van der Waals surface area contributed by atoms with E-state index in [1.54, 1.807) is 11.3 Å². The van der Waals surface area contributed by atoms with Gasteiger partial charge in [0.05, 0.1) is 5.00 Å². The summed E-state index contributed by atoms with van der Waals surface area (Å²) in [5.74, 6) is 0. The molecule has 0 aromatic carbocycles. The van der Waals surface area contributed by atoms with Gasteiger partial charge in [-0.05, 0) is 19.1 Å². The molecule has 0 atom stereocenters. The first-order chi connectivity index (χ1) is 4.83. The highest BCUT2D eigenvalue weighted by atomic mass is 32.1. The van der Waals surface area contributed by atoms with Gasteiger partial charge < -0.3 is 11.1 Å². The number of thiophene rings is 1. The summed E-state index contributed by atoms with van der Waals surface area (Å²) < 4.78 is 0. The molecule has 2 nitrogen and oxygen atoms in total. The molecule has 0 radical (unpaired) electrons. The van der Waals surface area contributed by atoms with Gasteiger partial charge >= 0.3 is 0 Å². The summed E-state index contributed by atoms with van der Waals surface area (Å²) in [4.78, 5) is 1.33. The third kappa shape index (κ3) is 2.01. The summed E-state index contributed by atoms with van der Waals surface area (Å²) in [6, 6.07) is 4.18. The largest absolute Gasteiger partial charge is 0.376 e. The van der Waals surface area contributed by atoms with E-state index in [4.69, 9.17) is 5.73 Å². The molecule has 1 aromatic rings. The number of hydrogen-bond acceptors (Lipinski definition) is 3. The van der Waals surface area contributed by atoms with Crippen LogP contribution in [0.2, 0.25) is 0 Å². The number of nitrogens with two attached hydrogens (primary N) is 1. The van der Waals surface area contributed by atoms with Crippen molar-refractivity contribution >= 4 is 16.3 Å². The lowest BCUT2D eigenvalue weighted by molar-refractivity contribution is 1.03. The molecule has 0 bridgehead atoms. The summed E-state index contributed by atoms with van der Waals surface area (Å²) in [7, 11) is 0. The predicted octanol–water partition coefficient (Wildman–Crippen LogP) is 1.43. The van der Waals surface area contributed by atoms with Crippen LogP contribution in [0.1, 0.15) is 4.88 Å². The first kappa shape index (κ1) is 7.57. The van der Waals surface area contributed by atoms with Crippen LogP contribution >= 0.6 is 11.3 Å². The molecular weight excluding hydrogens is 144 g/mol. The fraction of sp³-hybridized carbons (Fsp3) is 0.429. The van der Waals surface area contributed by atoms with Crippen molar-refractivity contribution in [2.45, 2.75) is 6.92 Å². The van der Waals surface area contributed by atoms with Crippen molar-refractivity contribution in [2.24, 2.45) is 5.73 Å². The highest BCUT2D eigenvalue weighted by Crippen LogP contribution is 2.19. The number of anilines is 1. The topological polar surface area (TPSA) is 38.0 Å². The molecule has 0 fully saturated rings. The lowest BCUT2D eigenvalue weighted by atomic mass is 10.5. The van der Waals surface area contributed by atoms with E-state index in [0.29, 0.717) is 6.54 Å². The van der Waals surface area contributed by atoms with Crippen molar-refractivity contribution in [3.05, 3.63) is 17.0 Å². The van der Waals surface area contributed by atoms with Crippen LogP contribution in [0.15, 0.2) is 12.1 Å². The molecule has 56 valence electrons. The molecule has 3 N–H and O–H groups in total. The second-order valence-corrected chi connectivity index (χ2v) is 3.41. The molecule has 3 heteroatoms. The third-order valence-electron chi connectivity index (χ3n) is 1.18. The molecule has 0 aliphatic rings. The average molecular weight is 156 g/mol. The molecule has 1 aromatic heterocycles.